The van der Waals surface area contributed by atoms with Crippen molar-refractivity contribution in [2.45, 2.75) is 38.1 Å². The van der Waals surface area contributed by atoms with Gasteiger partial charge < -0.3 is 20.1 Å². The van der Waals surface area contributed by atoms with Crippen LogP contribution in [0.3, 0.4) is 0 Å². The number of nitrogens with one attached hydrogen (secondary N) is 2. The van der Waals surface area contributed by atoms with E-state index in [1.165, 1.54) is 0 Å². The van der Waals surface area contributed by atoms with Crippen LogP contribution < -0.4 is 10.6 Å². The van der Waals surface area contributed by atoms with Crippen LogP contribution in [0.2, 0.25) is 0 Å². The SMILES string of the molecule is CCCC1(C(=O)NCCOCCOC)CCCN1. The Kier molecular flexibility index (Phi) is 7.23. The molecule has 5 nitrogen and oxygen atoms in total. The molecule has 0 aliphatic carbocycles. The maximum Gasteiger partial charge on any atom is 0.240 e. The van der Waals surface area contributed by atoms with Crippen LogP contribution in [-0.2, 0) is 14.3 Å². The first-order chi connectivity index (χ1) is 8.75. The zero-order valence-corrected chi connectivity index (χ0v) is 11.6. The van der Waals surface area contributed by atoms with Crippen LogP contribution in [-0.4, -0.2) is 51.5 Å². The number of carbonyl (C=O) groups is 1. The average molecular weight is 258 g/mol. The molecule has 0 aromatic rings. The first kappa shape index (κ1) is 15.4. The fraction of sp³-hybridized carbons (Fsp3) is 0.923. The molecule has 1 amide bonds. The summed E-state index contributed by atoms with van der Waals surface area (Å²) in [6.45, 7) is 5.33. The standard InChI is InChI=1S/C13H26N2O3/c1-3-5-13(6-4-7-15-13)12(16)14-8-9-18-11-10-17-2/h15H,3-11H2,1-2H3,(H,14,16). The molecule has 1 atom stereocenters. The van der Waals surface area contributed by atoms with E-state index >= 15 is 0 Å². The van der Waals surface area contributed by atoms with Gasteiger partial charge in [0, 0.05) is 13.7 Å². The third kappa shape index (κ3) is 4.55. The molecule has 1 rings (SSSR count). The maximum atomic E-state index is 12.2. The van der Waals surface area contributed by atoms with Crippen molar-refractivity contribution in [1.29, 1.82) is 0 Å². The molecular weight excluding hydrogens is 232 g/mol. The van der Waals surface area contributed by atoms with Crippen molar-refractivity contribution in [3.8, 4) is 0 Å². The van der Waals surface area contributed by atoms with Crippen LogP contribution in [0.1, 0.15) is 32.6 Å². The molecule has 2 N–H and O–H groups in total. The van der Waals surface area contributed by atoms with Gasteiger partial charge in [-0.15, -0.1) is 0 Å². The van der Waals surface area contributed by atoms with Gasteiger partial charge in [0.1, 0.15) is 0 Å². The molecule has 106 valence electrons. The fourth-order valence-corrected chi connectivity index (χ4v) is 2.40. The second-order valence-corrected chi connectivity index (χ2v) is 4.72. The van der Waals surface area contributed by atoms with Gasteiger partial charge in [0.25, 0.3) is 0 Å². The largest absolute Gasteiger partial charge is 0.382 e. The van der Waals surface area contributed by atoms with Gasteiger partial charge in [-0.3, -0.25) is 4.79 Å². The Bertz CT molecular complexity index is 240. The Balaban J connectivity index is 2.21. The second kappa shape index (κ2) is 8.45. The Morgan fingerprint density at radius 3 is 2.83 bits per heavy atom. The van der Waals surface area contributed by atoms with Crippen molar-refractivity contribution in [3.05, 3.63) is 0 Å². The van der Waals surface area contributed by atoms with Gasteiger partial charge in [-0.05, 0) is 25.8 Å². The van der Waals surface area contributed by atoms with E-state index in [0.29, 0.717) is 26.4 Å². The molecule has 1 aliphatic rings. The van der Waals surface area contributed by atoms with E-state index in [-0.39, 0.29) is 11.4 Å². The summed E-state index contributed by atoms with van der Waals surface area (Å²) in [6.07, 6.45) is 3.95. The monoisotopic (exact) mass is 258 g/mol. The molecule has 5 heteroatoms. The summed E-state index contributed by atoms with van der Waals surface area (Å²) >= 11 is 0. The molecule has 1 fully saturated rings. The van der Waals surface area contributed by atoms with Crippen LogP contribution >= 0.6 is 0 Å². The molecule has 0 aromatic heterocycles. The Hall–Kier alpha value is -0.650. The van der Waals surface area contributed by atoms with Gasteiger partial charge in [0.15, 0.2) is 0 Å². The van der Waals surface area contributed by atoms with Crippen molar-refractivity contribution in [3.63, 3.8) is 0 Å². The first-order valence-electron chi connectivity index (χ1n) is 6.85. The highest BCUT2D eigenvalue weighted by atomic mass is 16.5. The summed E-state index contributed by atoms with van der Waals surface area (Å²) in [7, 11) is 1.64. The molecule has 0 spiro atoms. The van der Waals surface area contributed by atoms with Crippen molar-refractivity contribution in [1.82, 2.24) is 10.6 Å². The van der Waals surface area contributed by atoms with Crippen LogP contribution in [0.5, 0.6) is 0 Å². The molecule has 0 bridgehead atoms. The molecule has 1 unspecified atom stereocenters. The lowest BCUT2D eigenvalue weighted by Gasteiger charge is -2.27. The lowest BCUT2D eigenvalue weighted by atomic mass is 9.91. The molecule has 0 saturated carbocycles. The number of amides is 1. The normalized spacial score (nSPS) is 23.2. The van der Waals surface area contributed by atoms with E-state index < -0.39 is 0 Å². The zero-order chi connectivity index (χ0) is 13.3. The molecular formula is C13H26N2O3. The third-order valence-electron chi connectivity index (χ3n) is 3.32. The van der Waals surface area contributed by atoms with E-state index in [0.717, 1.165) is 32.2 Å². The van der Waals surface area contributed by atoms with Crippen LogP contribution in [0.15, 0.2) is 0 Å². The van der Waals surface area contributed by atoms with E-state index in [2.05, 4.69) is 17.6 Å². The molecule has 0 radical (unpaired) electrons. The highest BCUT2D eigenvalue weighted by Gasteiger charge is 2.39. The zero-order valence-electron chi connectivity index (χ0n) is 11.6. The van der Waals surface area contributed by atoms with E-state index in [4.69, 9.17) is 9.47 Å². The summed E-state index contributed by atoms with van der Waals surface area (Å²) in [5.74, 6) is 0.122. The lowest BCUT2D eigenvalue weighted by Crippen LogP contribution is -2.53. The average Bonchev–Trinajstić information content (AvgIpc) is 2.83. The molecule has 1 heterocycles. The van der Waals surface area contributed by atoms with E-state index in [1.54, 1.807) is 7.11 Å². The van der Waals surface area contributed by atoms with Crippen LogP contribution in [0, 0.1) is 0 Å². The summed E-state index contributed by atoms with van der Waals surface area (Å²) in [5.41, 5.74) is -0.332. The maximum absolute atomic E-state index is 12.2. The number of carbonyl (C=O) groups excluding carboxylic acids is 1. The van der Waals surface area contributed by atoms with Crippen molar-refractivity contribution in [2.75, 3.05) is 40.0 Å². The van der Waals surface area contributed by atoms with E-state index in [9.17, 15) is 4.79 Å². The van der Waals surface area contributed by atoms with Gasteiger partial charge in [-0.2, -0.15) is 0 Å². The number of methoxy groups -OCH3 is 1. The first-order valence-corrected chi connectivity index (χ1v) is 6.85. The molecule has 1 saturated heterocycles. The highest BCUT2D eigenvalue weighted by Crippen LogP contribution is 2.24. The summed E-state index contributed by atoms with van der Waals surface area (Å²) in [5, 5.41) is 6.32. The minimum absolute atomic E-state index is 0.122. The fourth-order valence-electron chi connectivity index (χ4n) is 2.40. The third-order valence-corrected chi connectivity index (χ3v) is 3.32. The van der Waals surface area contributed by atoms with Crippen molar-refractivity contribution < 1.29 is 14.3 Å². The topological polar surface area (TPSA) is 59.6 Å². The Morgan fingerprint density at radius 2 is 2.22 bits per heavy atom. The number of ether oxygens (including phenoxy) is 2. The number of hydrogen-bond acceptors (Lipinski definition) is 4. The Morgan fingerprint density at radius 1 is 1.39 bits per heavy atom. The predicted octanol–water partition coefficient (Wildman–Crippen LogP) is 0.688. The Labute approximate surface area is 110 Å². The summed E-state index contributed by atoms with van der Waals surface area (Å²) < 4.78 is 10.2. The lowest BCUT2D eigenvalue weighted by molar-refractivity contribution is -0.127. The minimum Gasteiger partial charge on any atom is -0.382 e. The van der Waals surface area contributed by atoms with Crippen molar-refractivity contribution in [2.24, 2.45) is 0 Å². The van der Waals surface area contributed by atoms with Gasteiger partial charge in [0.2, 0.25) is 5.91 Å². The second-order valence-electron chi connectivity index (χ2n) is 4.72. The highest BCUT2D eigenvalue weighted by molar-refractivity contribution is 5.86. The van der Waals surface area contributed by atoms with Crippen molar-refractivity contribution >= 4 is 5.91 Å². The van der Waals surface area contributed by atoms with Gasteiger partial charge in [-0.25, -0.2) is 0 Å². The number of hydrogen-bond donors (Lipinski definition) is 2. The molecule has 0 aromatic carbocycles. The van der Waals surface area contributed by atoms with Gasteiger partial charge in [0.05, 0.1) is 25.4 Å². The summed E-state index contributed by atoms with van der Waals surface area (Å²) in [4.78, 5) is 12.2. The van der Waals surface area contributed by atoms with Gasteiger partial charge >= 0.3 is 0 Å². The van der Waals surface area contributed by atoms with E-state index in [1.807, 2.05) is 0 Å². The van der Waals surface area contributed by atoms with Gasteiger partial charge in [-0.1, -0.05) is 13.3 Å². The molecule has 18 heavy (non-hydrogen) atoms. The quantitative estimate of drug-likeness (QED) is 0.597. The predicted molar refractivity (Wildman–Crippen MR) is 70.6 cm³/mol. The molecule has 1 aliphatic heterocycles. The van der Waals surface area contributed by atoms with Crippen LogP contribution in [0.4, 0.5) is 0 Å². The summed E-state index contributed by atoms with van der Waals surface area (Å²) in [6, 6.07) is 0. The minimum atomic E-state index is -0.332. The van der Waals surface area contributed by atoms with Crippen LogP contribution in [0.25, 0.3) is 0 Å². The number of rotatable bonds is 9. The smallest absolute Gasteiger partial charge is 0.240 e.